The number of hydrogen-bond acceptors (Lipinski definition) is 4. The van der Waals surface area contributed by atoms with Crippen LogP contribution in [0.2, 0.25) is 0 Å². The summed E-state index contributed by atoms with van der Waals surface area (Å²) in [6.07, 6.45) is 4.69. The van der Waals surface area contributed by atoms with E-state index < -0.39 is 6.10 Å². The quantitative estimate of drug-likeness (QED) is 0.634. The number of carbonyl (C=O) groups is 2. The van der Waals surface area contributed by atoms with Gasteiger partial charge >= 0.3 is 5.97 Å². The molecule has 0 saturated heterocycles. The van der Waals surface area contributed by atoms with Crippen molar-refractivity contribution in [1.82, 2.24) is 0 Å². The van der Waals surface area contributed by atoms with Gasteiger partial charge in [0.2, 0.25) is 0 Å². The summed E-state index contributed by atoms with van der Waals surface area (Å²) in [6, 6.07) is 0. The molecule has 0 spiro atoms. The van der Waals surface area contributed by atoms with Gasteiger partial charge in [0.1, 0.15) is 5.78 Å². The van der Waals surface area contributed by atoms with Crippen LogP contribution in [0.15, 0.2) is 12.2 Å². The van der Waals surface area contributed by atoms with Gasteiger partial charge in [0.05, 0.1) is 18.6 Å². The first kappa shape index (κ1) is 15.2. The van der Waals surface area contributed by atoms with E-state index in [9.17, 15) is 14.7 Å². The molecule has 0 aromatic heterocycles. The highest BCUT2D eigenvalue weighted by Crippen LogP contribution is 2.45. The average molecular weight is 280 g/mol. The van der Waals surface area contributed by atoms with E-state index in [1.54, 1.807) is 13.8 Å². The molecular formula is C16H24O4. The summed E-state index contributed by atoms with van der Waals surface area (Å²) in [5.74, 6) is -0.441. The van der Waals surface area contributed by atoms with Crippen LogP contribution in [0, 0.1) is 29.6 Å². The van der Waals surface area contributed by atoms with Crippen LogP contribution in [-0.4, -0.2) is 29.6 Å². The average Bonchev–Trinajstić information content (AvgIpc) is 2.39. The SMILES string of the molecule is CCOC(=O)[C@@H]1C2C(C=C[C@@H]1C)C[C@H](C(C)=O)C[C@@H]2O. The molecule has 1 fully saturated rings. The zero-order chi connectivity index (χ0) is 14.9. The number of aliphatic hydroxyl groups is 1. The summed E-state index contributed by atoms with van der Waals surface area (Å²) in [5.41, 5.74) is 0. The lowest BCUT2D eigenvalue weighted by molar-refractivity contribution is -0.157. The predicted molar refractivity (Wildman–Crippen MR) is 74.8 cm³/mol. The Morgan fingerprint density at radius 1 is 1.30 bits per heavy atom. The minimum atomic E-state index is -0.607. The summed E-state index contributed by atoms with van der Waals surface area (Å²) < 4.78 is 5.17. The van der Waals surface area contributed by atoms with E-state index >= 15 is 0 Å². The van der Waals surface area contributed by atoms with Gasteiger partial charge in [0.15, 0.2) is 0 Å². The van der Waals surface area contributed by atoms with Crippen molar-refractivity contribution >= 4 is 11.8 Å². The lowest BCUT2D eigenvalue weighted by atomic mass is 9.61. The van der Waals surface area contributed by atoms with Crippen LogP contribution in [-0.2, 0) is 14.3 Å². The van der Waals surface area contributed by atoms with Crippen LogP contribution in [0.5, 0.6) is 0 Å². The predicted octanol–water partition coefficient (Wildman–Crippen LogP) is 1.96. The van der Waals surface area contributed by atoms with E-state index in [0.29, 0.717) is 13.0 Å². The lowest BCUT2D eigenvalue weighted by Gasteiger charge is -2.44. The third-order valence-electron chi connectivity index (χ3n) is 4.80. The summed E-state index contributed by atoms with van der Waals surface area (Å²) in [7, 11) is 0. The number of hydrogen-bond donors (Lipinski definition) is 1. The van der Waals surface area contributed by atoms with Crippen molar-refractivity contribution in [3.8, 4) is 0 Å². The summed E-state index contributed by atoms with van der Waals surface area (Å²) in [6.45, 7) is 5.71. The molecule has 6 atom stereocenters. The first-order chi connectivity index (χ1) is 9.45. The molecule has 2 rings (SSSR count). The monoisotopic (exact) mass is 280 g/mol. The standard InChI is InChI=1S/C16H24O4/c1-4-20-16(19)14-9(2)5-6-11-7-12(10(3)17)8-13(18)15(11)14/h5-6,9,11-15,18H,4,7-8H2,1-3H3/t9-,11?,12-,13-,14-,15?/m0/s1. The molecule has 0 aliphatic heterocycles. The van der Waals surface area contributed by atoms with Gasteiger partial charge in [-0.3, -0.25) is 9.59 Å². The van der Waals surface area contributed by atoms with Gasteiger partial charge in [-0.2, -0.15) is 0 Å². The molecule has 0 aromatic carbocycles. The minimum absolute atomic E-state index is 0.0684. The Morgan fingerprint density at radius 2 is 2.00 bits per heavy atom. The van der Waals surface area contributed by atoms with Gasteiger partial charge in [-0.25, -0.2) is 0 Å². The Labute approximate surface area is 120 Å². The second-order valence-corrected chi connectivity index (χ2v) is 6.11. The van der Waals surface area contributed by atoms with Crippen LogP contribution in [0.25, 0.3) is 0 Å². The molecule has 0 amide bonds. The zero-order valence-corrected chi connectivity index (χ0v) is 12.4. The minimum Gasteiger partial charge on any atom is -0.466 e. The molecule has 0 heterocycles. The third kappa shape index (κ3) is 2.80. The summed E-state index contributed by atoms with van der Waals surface area (Å²) in [5, 5.41) is 10.4. The third-order valence-corrected chi connectivity index (χ3v) is 4.80. The van der Waals surface area contributed by atoms with E-state index in [0.717, 1.165) is 6.42 Å². The van der Waals surface area contributed by atoms with E-state index in [2.05, 4.69) is 6.08 Å². The van der Waals surface area contributed by atoms with Crippen molar-refractivity contribution in [3.05, 3.63) is 12.2 Å². The van der Waals surface area contributed by atoms with Crippen LogP contribution in [0.1, 0.15) is 33.6 Å². The molecule has 0 bridgehead atoms. The first-order valence-electron chi connectivity index (χ1n) is 7.49. The zero-order valence-electron chi connectivity index (χ0n) is 12.4. The lowest BCUT2D eigenvalue weighted by Crippen LogP contribution is -2.48. The van der Waals surface area contributed by atoms with Gasteiger partial charge in [-0.05, 0) is 38.5 Å². The summed E-state index contributed by atoms with van der Waals surface area (Å²) >= 11 is 0. The van der Waals surface area contributed by atoms with Crippen molar-refractivity contribution in [3.63, 3.8) is 0 Å². The Kier molecular flexibility index (Phi) is 4.63. The van der Waals surface area contributed by atoms with Gasteiger partial charge in [-0.15, -0.1) is 0 Å². The second kappa shape index (κ2) is 6.08. The van der Waals surface area contributed by atoms with Crippen LogP contribution < -0.4 is 0 Å². The van der Waals surface area contributed by atoms with E-state index in [1.807, 2.05) is 13.0 Å². The molecule has 4 heteroatoms. The van der Waals surface area contributed by atoms with Crippen molar-refractivity contribution in [2.24, 2.45) is 29.6 Å². The fourth-order valence-corrected chi connectivity index (χ4v) is 3.76. The van der Waals surface area contributed by atoms with Gasteiger partial charge in [-0.1, -0.05) is 19.1 Å². The van der Waals surface area contributed by atoms with Gasteiger partial charge in [0.25, 0.3) is 0 Å². The highest BCUT2D eigenvalue weighted by atomic mass is 16.5. The Morgan fingerprint density at radius 3 is 2.60 bits per heavy atom. The van der Waals surface area contributed by atoms with Crippen LogP contribution >= 0.6 is 0 Å². The van der Waals surface area contributed by atoms with Gasteiger partial charge < -0.3 is 9.84 Å². The van der Waals surface area contributed by atoms with Crippen LogP contribution in [0.3, 0.4) is 0 Å². The molecule has 1 N–H and O–H groups in total. The molecule has 0 aromatic rings. The van der Waals surface area contributed by atoms with Crippen molar-refractivity contribution in [1.29, 1.82) is 0 Å². The maximum Gasteiger partial charge on any atom is 0.309 e. The van der Waals surface area contributed by atoms with Crippen molar-refractivity contribution in [2.45, 2.75) is 39.7 Å². The molecule has 2 unspecified atom stereocenters. The molecule has 2 aliphatic rings. The molecular weight excluding hydrogens is 256 g/mol. The van der Waals surface area contributed by atoms with Crippen molar-refractivity contribution < 1.29 is 19.4 Å². The first-order valence-corrected chi connectivity index (χ1v) is 7.49. The number of ether oxygens (including phenoxy) is 1. The highest BCUT2D eigenvalue weighted by Gasteiger charge is 2.47. The Hall–Kier alpha value is -1.16. The highest BCUT2D eigenvalue weighted by molar-refractivity contribution is 5.79. The molecule has 112 valence electrons. The topological polar surface area (TPSA) is 63.6 Å². The molecule has 2 aliphatic carbocycles. The maximum atomic E-state index is 12.2. The van der Waals surface area contributed by atoms with Crippen LogP contribution in [0.4, 0.5) is 0 Å². The Bertz CT molecular complexity index is 415. The Balaban J connectivity index is 2.23. The molecule has 0 radical (unpaired) electrons. The van der Waals surface area contributed by atoms with Crippen molar-refractivity contribution in [2.75, 3.05) is 6.61 Å². The van der Waals surface area contributed by atoms with E-state index in [-0.39, 0.29) is 41.3 Å². The molecule has 20 heavy (non-hydrogen) atoms. The van der Waals surface area contributed by atoms with Gasteiger partial charge in [0, 0.05) is 11.8 Å². The number of esters is 1. The number of ketones is 1. The summed E-state index contributed by atoms with van der Waals surface area (Å²) in [4.78, 5) is 23.8. The number of allylic oxidation sites excluding steroid dienone is 2. The fraction of sp³-hybridized carbons (Fsp3) is 0.750. The number of aliphatic hydroxyl groups excluding tert-OH is 1. The normalized spacial score (nSPS) is 40.0. The number of rotatable bonds is 3. The maximum absolute atomic E-state index is 12.2. The molecule has 4 nitrogen and oxygen atoms in total. The second-order valence-electron chi connectivity index (χ2n) is 6.11. The molecule has 1 saturated carbocycles. The smallest absolute Gasteiger partial charge is 0.309 e. The number of carbonyl (C=O) groups excluding carboxylic acids is 2. The largest absolute Gasteiger partial charge is 0.466 e. The number of Topliss-reactive ketones (excluding diaryl/α,β-unsaturated/α-hetero) is 1. The number of fused-ring (bicyclic) bond motifs is 1. The van der Waals surface area contributed by atoms with E-state index in [4.69, 9.17) is 4.74 Å². The van der Waals surface area contributed by atoms with E-state index in [1.165, 1.54) is 0 Å². The fourth-order valence-electron chi connectivity index (χ4n) is 3.76.